The molecular formula is C23H36BrNO3S3. The van der Waals surface area contributed by atoms with Gasteiger partial charge in [-0.3, -0.25) is 9.59 Å². The Hall–Kier alpha value is -0.150. The average molecular weight is 551 g/mol. The van der Waals surface area contributed by atoms with Crippen molar-refractivity contribution in [1.82, 2.24) is 0 Å². The Balaban J connectivity index is 2.78. The third-order valence-electron chi connectivity index (χ3n) is 4.67. The van der Waals surface area contributed by atoms with Gasteiger partial charge in [0.05, 0.1) is 17.8 Å². The van der Waals surface area contributed by atoms with Crippen molar-refractivity contribution in [3.63, 3.8) is 0 Å². The standard InChI is InChI=1S/C23H36BrNO3S3/c1-5-28-23(27)18(13-17-6-8-19(24)9-7-17)14-21(26)22(12-16(2)3)31-30-15-20(25)10-11-29-4/h6-9,16,18,20,22H,5,10-15,25H2,1-4H3/t18-,20+,22?/m1/s1. The highest BCUT2D eigenvalue weighted by Gasteiger charge is 2.29. The topological polar surface area (TPSA) is 69.4 Å². The van der Waals surface area contributed by atoms with Crippen LogP contribution in [0.25, 0.3) is 0 Å². The van der Waals surface area contributed by atoms with Crippen molar-refractivity contribution < 1.29 is 14.3 Å². The van der Waals surface area contributed by atoms with Gasteiger partial charge >= 0.3 is 5.97 Å². The molecular weight excluding hydrogens is 514 g/mol. The maximum Gasteiger partial charge on any atom is 0.309 e. The largest absolute Gasteiger partial charge is 0.466 e. The number of rotatable bonds is 16. The molecule has 0 radical (unpaired) electrons. The third kappa shape index (κ3) is 12.6. The summed E-state index contributed by atoms with van der Waals surface area (Å²) in [6, 6.07) is 8.01. The summed E-state index contributed by atoms with van der Waals surface area (Å²) < 4.78 is 6.27. The molecule has 31 heavy (non-hydrogen) atoms. The number of hydrogen-bond acceptors (Lipinski definition) is 7. The molecule has 1 aromatic carbocycles. The first kappa shape index (κ1) is 28.9. The van der Waals surface area contributed by atoms with Crippen LogP contribution in [-0.2, 0) is 20.7 Å². The smallest absolute Gasteiger partial charge is 0.309 e. The summed E-state index contributed by atoms with van der Waals surface area (Å²) in [5.41, 5.74) is 7.20. The number of halogens is 1. The fourth-order valence-corrected chi connectivity index (χ4v) is 6.86. The summed E-state index contributed by atoms with van der Waals surface area (Å²) in [5.74, 6) is 1.65. The van der Waals surface area contributed by atoms with Crippen molar-refractivity contribution in [1.29, 1.82) is 0 Å². The zero-order valence-electron chi connectivity index (χ0n) is 19.0. The van der Waals surface area contributed by atoms with Gasteiger partial charge in [-0.25, -0.2) is 0 Å². The van der Waals surface area contributed by atoms with Crippen molar-refractivity contribution in [2.24, 2.45) is 17.6 Å². The van der Waals surface area contributed by atoms with E-state index in [-0.39, 0.29) is 29.5 Å². The lowest BCUT2D eigenvalue weighted by molar-refractivity contribution is -0.149. The van der Waals surface area contributed by atoms with Gasteiger partial charge in [-0.2, -0.15) is 11.8 Å². The molecule has 0 spiro atoms. The number of ketones is 1. The van der Waals surface area contributed by atoms with E-state index in [2.05, 4.69) is 36.0 Å². The van der Waals surface area contributed by atoms with Gasteiger partial charge in [0.2, 0.25) is 0 Å². The van der Waals surface area contributed by atoms with E-state index >= 15 is 0 Å². The molecule has 1 unspecified atom stereocenters. The van der Waals surface area contributed by atoms with Crippen LogP contribution in [-0.4, -0.2) is 47.4 Å². The number of esters is 1. The van der Waals surface area contributed by atoms with E-state index in [1.54, 1.807) is 40.3 Å². The second-order valence-electron chi connectivity index (χ2n) is 7.99. The molecule has 0 saturated heterocycles. The second kappa shape index (κ2) is 16.5. The van der Waals surface area contributed by atoms with E-state index in [4.69, 9.17) is 10.5 Å². The fourth-order valence-electron chi connectivity index (χ4n) is 2.99. The molecule has 0 bridgehead atoms. The van der Waals surface area contributed by atoms with Crippen molar-refractivity contribution >= 4 is 61.0 Å². The minimum Gasteiger partial charge on any atom is -0.466 e. The maximum atomic E-state index is 13.2. The molecule has 1 aromatic rings. The average Bonchev–Trinajstić information content (AvgIpc) is 2.72. The minimum absolute atomic E-state index is 0.124. The molecule has 0 aromatic heterocycles. The second-order valence-corrected chi connectivity index (χ2v) is 12.5. The lowest BCUT2D eigenvalue weighted by Crippen LogP contribution is -2.28. The van der Waals surface area contributed by atoms with Gasteiger partial charge in [0.25, 0.3) is 0 Å². The Morgan fingerprint density at radius 3 is 2.45 bits per heavy atom. The minimum atomic E-state index is -0.460. The molecule has 176 valence electrons. The van der Waals surface area contributed by atoms with Crippen LogP contribution in [0.4, 0.5) is 0 Å². The molecule has 8 heteroatoms. The van der Waals surface area contributed by atoms with Crippen LogP contribution in [0.2, 0.25) is 0 Å². The van der Waals surface area contributed by atoms with E-state index in [0.29, 0.717) is 18.9 Å². The van der Waals surface area contributed by atoms with Gasteiger partial charge < -0.3 is 10.5 Å². The number of thioether (sulfide) groups is 1. The van der Waals surface area contributed by atoms with Crippen LogP contribution in [0.1, 0.15) is 45.6 Å². The number of carbonyl (C=O) groups excluding carboxylic acids is 2. The number of hydrogen-bond donors (Lipinski definition) is 1. The lowest BCUT2D eigenvalue weighted by Gasteiger charge is -2.21. The molecule has 0 fully saturated rings. The van der Waals surface area contributed by atoms with Crippen LogP contribution < -0.4 is 5.73 Å². The van der Waals surface area contributed by atoms with Crippen molar-refractivity contribution in [3.05, 3.63) is 34.3 Å². The molecule has 0 aliphatic carbocycles. The summed E-state index contributed by atoms with van der Waals surface area (Å²) >= 11 is 5.24. The van der Waals surface area contributed by atoms with Gasteiger partial charge in [0, 0.05) is 22.7 Å². The van der Waals surface area contributed by atoms with E-state index in [1.165, 1.54) is 0 Å². The fraction of sp³-hybridized carbons (Fsp3) is 0.652. The van der Waals surface area contributed by atoms with Gasteiger partial charge in [-0.15, -0.1) is 0 Å². The van der Waals surface area contributed by atoms with Crippen molar-refractivity contribution in [2.45, 2.75) is 57.7 Å². The Morgan fingerprint density at radius 2 is 1.87 bits per heavy atom. The van der Waals surface area contributed by atoms with Crippen LogP contribution in [0.5, 0.6) is 0 Å². The van der Waals surface area contributed by atoms with Gasteiger partial charge in [-0.1, -0.05) is 63.5 Å². The summed E-state index contributed by atoms with van der Waals surface area (Å²) in [4.78, 5) is 25.8. The Bertz CT molecular complexity index is 658. The number of benzene rings is 1. The van der Waals surface area contributed by atoms with Gasteiger partial charge in [0.1, 0.15) is 5.78 Å². The molecule has 2 N–H and O–H groups in total. The Morgan fingerprint density at radius 1 is 1.19 bits per heavy atom. The number of Topliss-reactive ketones (excluding diaryl/α,β-unsaturated/α-hetero) is 1. The monoisotopic (exact) mass is 549 g/mol. The van der Waals surface area contributed by atoms with Crippen LogP contribution in [0.15, 0.2) is 28.7 Å². The van der Waals surface area contributed by atoms with E-state index < -0.39 is 5.92 Å². The Kier molecular flexibility index (Phi) is 15.3. The summed E-state index contributed by atoms with van der Waals surface area (Å²) in [5, 5.41) is -0.139. The molecule has 0 aliphatic heterocycles. The number of carbonyl (C=O) groups is 2. The zero-order chi connectivity index (χ0) is 23.2. The maximum absolute atomic E-state index is 13.2. The molecule has 3 atom stereocenters. The quantitative estimate of drug-likeness (QED) is 0.200. The molecule has 0 saturated carbocycles. The number of ether oxygens (including phenoxy) is 1. The third-order valence-corrected chi connectivity index (χ3v) is 8.74. The van der Waals surface area contributed by atoms with Crippen LogP contribution in [0.3, 0.4) is 0 Å². The van der Waals surface area contributed by atoms with E-state index in [1.807, 2.05) is 24.3 Å². The molecule has 4 nitrogen and oxygen atoms in total. The van der Waals surface area contributed by atoms with Gasteiger partial charge in [0.15, 0.2) is 0 Å². The van der Waals surface area contributed by atoms with E-state index in [9.17, 15) is 9.59 Å². The van der Waals surface area contributed by atoms with Crippen molar-refractivity contribution in [3.8, 4) is 0 Å². The summed E-state index contributed by atoms with van der Waals surface area (Å²) in [6.45, 7) is 6.36. The number of nitrogens with two attached hydrogens (primary N) is 1. The van der Waals surface area contributed by atoms with Crippen molar-refractivity contribution in [2.75, 3.05) is 24.4 Å². The predicted molar refractivity (Wildman–Crippen MR) is 142 cm³/mol. The van der Waals surface area contributed by atoms with Crippen LogP contribution >= 0.6 is 49.3 Å². The highest BCUT2D eigenvalue weighted by Crippen LogP contribution is 2.34. The Labute approximate surface area is 208 Å². The highest BCUT2D eigenvalue weighted by molar-refractivity contribution is 9.10. The zero-order valence-corrected chi connectivity index (χ0v) is 23.0. The molecule has 0 aliphatic rings. The molecule has 0 heterocycles. The normalized spacial score (nSPS) is 14.3. The summed E-state index contributed by atoms with van der Waals surface area (Å²) in [7, 11) is 3.30. The predicted octanol–water partition coefficient (Wildman–Crippen LogP) is 6.01. The van der Waals surface area contributed by atoms with Crippen LogP contribution in [0, 0.1) is 11.8 Å². The molecule has 1 rings (SSSR count). The highest BCUT2D eigenvalue weighted by atomic mass is 79.9. The van der Waals surface area contributed by atoms with Gasteiger partial charge in [-0.05, 0) is 61.8 Å². The van der Waals surface area contributed by atoms with E-state index in [0.717, 1.165) is 34.4 Å². The SMILES string of the molecule is CCOC(=O)[C@@H](CC(=O)C(CC(C)C)SSC[C@@H](N)CCSC)Cc1ccc(Br)cc1. The molecule has 0 amide bonds. The summed E-state index contributed by atoms with van der Waals surface area (Å²) in [6.07, 6.45) is 4.57. The first-order valence-corrected chi connectivity index (χ1v) is 15.3. The lowest BCUT2D eigenvalue weighted by atomic mass is 9.92. The first-order chi connectivity index (χ1) is 14.8. The first-order valence-electron chi connectivity index (χ1n) is 10.7.